The number of nitrogens with two attached hydrogens (primary N) is 1. The highest BCUT2D eigenvalue weighted by molar-refractivity contribution is 6.36. The minimum Gasteiger partial charge on any atom is -0.482 e. The van der Waals surface area contributed by atoms with E-state index < -0.39 is 17.5 Å². The number of anilines is 1. The number of pyridine rings is 1. The summed E-state index contributed by atoms with van der Waals surface area (Å²) in [5.41, 5.74) is 7.81. The third kappa shape index (κ3) is 6.77. The Kier molecular flexibility index (Phi) is 8.75. The molecule has 2 aromatic carbocycles. The number of nitrogens with zero attached hydrogens (tertiary/aromatic N) is 3. The Bertz CT molecular complexity index is 1400. The zero-order valence-corrected chi connectivity index (χ0v) is 24.2. The number of amides is 2. The number of nitrogen functional groups attached to an aromatic ring is 1. The van der Waals surface area contributed by atoms with Crippen molar-refractivity contribution in [2.45, 2.75) is 39.4 Å². The van der Waals surface area contributed by atoms with Crippen LogP contribution in [0.3, 0.4) is 0 Å². The molecule has 4 rings (SSSR count). The number of carbonyl (C=O) groups is 2. The Morgan fingerprint density at radius 1 is 1.00 bits per heavy atom. The summed E-state index contributed by atoms with van der Waals surface area (Å²) in [5.74, 6) is -0.288. The molecule has 1 atom stereocenters. The standard InChI is InChI=1S/C29H31Cl2FN4O4/c1-17(24-21(30)9-10-22(32)25(24)31)39-23-15-20(16-34-26(23)33)18-5-7-19(8-6-18)27(37)35-11-13-36(14-12-35)28(38)40-29(2,3)4/h5-10,15-17H,11-14H2,1-4H3,(H2,33,34). The van der Waals surface area contributed by atoms with Crippen molar-refractivity contribution in [2.75, 3.05) is 31.9 Å². The van der Waals surface area contributed by atoms with Gasteiger partial charge in [0.2, 0.25) is 0 Å². The molecule has 1 unspecified atom stereocenters. The summed E-state index contributed by atoms with van der Waals surface area (Å²) in [6.45, 7) is 8.80. The van der Waals surface area contributed by atoms with Gasteiger partial charge in [0.15, 0.2) is 11.6 Å². The molecule has 212 valence electrons. The summed E-state index contributed by atoms with van der Waals surface area (Å²) in [6, 6.07) is 11.4. The van der Waals surface area contributed by atoms with Gasteiger partial charge in [0, 0.05) is 54.1 Å². The largest absolute Gasteiger partial charge is 0.482 e. The van der Waals surface area contributed by atoms with Gasteiger partial charge in [-0.3, -0.25) is 4.79 Å². The van der Waals surface area contributed by atoms with E-state index in [9.17, 15) is 14.0 Å². The molecule has 2 heterocycles. The maximum absolute atomic E-state index is 14.0. The Morgan fingerprint density at radius 2 is 1.62 bits per heavy atom. The number of hydrogen-bond donors (Lipinski definition) is 1. The molecule has 8 nitrogen and oxygen atoms in total. The smallest absolute Gasteiger partial charge is 0.410 e. The van der Waals surface area contributed by atoms with Crippen LogP contribution in [0.5, 0.6) is 5.75 Å². The first-order valence-corrected chi connectivity index (χ1v) is 13.5. The lowest BCUT2D eigenvalue weighted by Crippen LogP contribution is -2.51. The van der Waals surface area contributed by atoms with Gasteiger partial charge in [-0.05, 0) is 63.6 Å². The molecule has 0 aliphatic carbocycles. The highest BCUT2D eigenvalue weighted by atomic mass is 35.5. The molecule has 1 aromatic heterocycles. The van der Waals surface area contributed by atoms with Gasteiger partial charge < -0.3 is 25.0 Å². The maximum Gasteiger partial charge on any atom is 0.410 e. The second kappa shape index (κ2) is 11.9. The van der Waals surface area contributed by atoms with Gasteiger partial charge in [0.25, 0.3) is 5.91 Å². The maximum atomic E-state index is 14.0. The van der Waals surface area contributed by atoms with E-state index in [-0.39, 0.29) is 33.6 Å². The molecule has 1 aliphatic heterocycles. The summed E-state index contributed by atoms with van der Waals surface area (Å²) >= 11 is 12.4. The normalized spacial score (nSPS) is 14.6. The van der Waals surface area contributed by atoms with Crippen molar-refractivity contribution >= 4 is 41.0 Å². The first kappa shape index (κ1) is 29.4. The van der Waals surface area contributed by atoms with Crippen LogP contribution in [0.1, 0.15) is 49.7 Å². The number of ether oxygens (including phenoxy) is 2. The topological polar surface area (TPSA) is 98.0 Å². The molecule has 11 heteroatoms. The first-order chi connectivity index (χ1) is 18.8. The van der Waals surface area contributed by atoms with Crippen LogP contribution >= 0.6 is 23.2 Å². The monoisotopic (exact) mass is 588 g/mol. The average Bonchev–Trinajstić information content (AvgIpc) is 2.91. The highest BCUT2D eigenvalue weighted by Gasteiger charge is 2.28. The second-order valence-electron chi connectivity index (χ2n) is 10.5. The van der Waals surface area contributed by atoms with Crippen LogP contribution < -0.4 is 10.5 Å². The minimum absolute atomic E-state index is 0.116. The Hall–Kier alpha value is -3.56. The second-order valence-corrected chi connectivity index (χ2v) is 11.2. The van der Waals surface area contributed by atoms with Crippen LogP contribution in [-0.4, -0.2) is 58.6 Å². The molecule has 0 saturated carbocycles. The van der Waals surface area contributed by atoms with E-state index in [1.54, 1.807) is 41.1 Å². The molecule has 0 radical (unpaired) electrons. The van der Waals surface area contributed by atoms with Gasteiger partial charge in [-0.2, -0.15) is 0 Å². The quantitative estimate of drug-likeness (QED) is 0.337. The van der Waals surface area contributed by atoms with Crippen molar-refractivity contribution in [3.05, 3.63) is 75.7 Å². The van der Waals surface area contributed by atoms with Crippen molar-refractivity contribution in [3.8, 4) is 16.9 Å². The average molecular weight is 589 g/mol. The van der Waals surface area contributed by atoms with E-state index in [0.29, 0.717) is 42.9 Å². The lowest BCUT2D eigenvalue weighted by atomic mass is 10.0. The van der Waals surface area contributed by atoms with Gasteiger partial charge >= 0.3 is 6.09 Å². The summed E-state index contributed by atoms with van der Waals surface area (Å²) in [6.07, 6.45) is 0.522. The van der Waals surface area contributed by atoms with Crippen LogP contribution in [0.4, 0.5) is 15.0 Å². The zero-order valence-electron chi connectivity index (χ0n) is 22.7. The van der Waals surface area contributed by atoms with Gasteiger partial charge in [-0.1, -0.05) is 35.3 Å². The van der Waals surface area contributed by atoms with Crippen LogP contribution in [0.2, 0.25) is 10.0 Å². The SMILES string of the molecule is CC(Oc1cc(-c2ccc(C(=O)N3CCN(C(=O)OC(C)(C)C)CC3)cc2)cnc1N)c1c(Cl)ccc(F)c1Cl. The number of piperazine rings is 1. The van der Waals surface area contributed by atoms with E-state index in [2.05, 4.69) is 4.98 Å². The van der Waals surface area contributed by atoms with Crippen LogP contribution in [0.25, 0.3) is 11.1 Å². The van der Waals surface area contributed by atoms with Gasteiger partial charge in [-0.25, -0.2) is 14.2 Å². The molecular formula is C29H31Cl2FN4O4. The van der Waals surface area contributed by atoms with E-state index in [4.69, 9.17) is 38.4 Å². The van der Waals surface area contributed by atoms with Crippen molar-refractivity contribution in [2.24, 2.45) is 0 Å². The molecule has 1 saturated heterocycles. The molecule has 2 N–H and O–H groups in total. The Labute approximate surface area is 242 Å². The Morgan fingerprint density at radius 3 is 2.25 bits per heavy atom. The molecule has 3 aromatic rings. The van der Waals surface area contributed by atoms with Crippen LogP contribution in [-0.2, 0) is 4.74 Å². The molecule has 40 heavy (non-hydrogen) atoms. The minimum atomic E-state index is -0.703. The third-order valence-electron chi connectivity index (χ3n) is 6.36. The van der Waals surface area contributed by atoms with Crippen molar-refractivity contribution < 1.29 is 23.5 Å². The molecule has 0 spiro atoms. The van der Waals surface area contributed by atoms with Crippen molar-refractivity contribution in [1.29, 1.82) is 0 Å². The Balaban J connectivity index is 1.43. The lowest BCUT2D eigenvalue weighted by molar-refractivity contribution is 0.0141. The number of aromatic nitrogens is 1. The van der Waals surface area contributed by atoms with E-state index in [0.717, 1.165) is 5.56 Å². The summed E-state index contributed by atoms with van der Waals surface area (Å²) in [4.78, 5) is 33.0. The van der Waals surface area contributed by atoms with Gasteiger partial charge in [-0.15, -0.1) is 0 Å². The molecule has 0 bridgehead atoms. The number of hydrogen-bond acceptors (Lipinski definition) is 6. The molecule has 1 aliphatic rings. The number of carbonyl (C=O) groups excluding carboxylic acids is 2. The third-order valence-corrected chi connectivity index (χ3v) is 7.07. The zero-order chi connectivity index (χ0) is 29.2. The number of halogens is 3. The first-order valence-electron chi connectivity index (χ1n) is 12.8. The van der Waals surface area contributed by atoms with Crippen LogP contribution in [0.15, 0.2) is 48.7 Å². The van der Waals surface area contributed by atoms with Crippen LogP contribution in [0, 0.1) is 5.82 Å². The lowest BCUT2D eigenvalue weighted by Gasteiger charge is -2.35. The fourth-order valence-corrected chi connectivity index (χ4v) is 4.96. The fraction of sp³-hybridized carbons (Fsp3) is 0.345. The summed E-state index contributed by atoms with van der Waals surface area (Å²) < 4.78 is 25.4. The van der Waals surface area contributed by atoms with E-state index in [1.165, 1.54) is 12.1 Å². The molecule has 1 fully saturated rings. The van der Waals surface area contributed by atoms with Gasteiger partial charge in [0.05, 0.1) is 5.02 Å². The highest BCUT2D eigenvalue weighted by Crippen LogP contribution is 2.37. The predicted octanol–water partition coefficient (Wildman–Crippen LogP) is 6.61. The van der Waals surface area contributed by atoms with Crippen molar-refractivity contribution in [1.82, 2.24) is 14.8 Å². The van der Waals surface area contributed by atoms with Crippen molar-refractivity contribution in [3.63, 3.8) is 0 Å². The van der Waals surface area contributed by atoms with E-state index in [1.807, 2.05) is 32.9 Å². The number of rotatable bonds is 5. The fourth-order valence-electron chi connectivity index (χ4n) is 4.28. The summed E-state index contributed by atoms with van der Waals surface area (Å²) in [7, 11) is 0. The van der Waals surface area contributed by atoms with E-state index >= 15 is 0 Å². The molecule has 2 amide bonds. The number of benzene rings is 2. The molecular weight excluding hydrogens is 558 g/mol. The summed E-state index contributed by atoms with van der Waals surface area (Å²) in [5, 5.41) is 0.155. The van der Waals surface area contributed by atoms with Gasteiger partial charge in [0.1, 0.15) is 17.5 Å². The predicted molar refractivity (Wildman–Crippen MR) is 153 cm³/mol.